The van der Waals surface area contributed by atoms with Crippen molar-refractivity contribution < 1.29 is 14.3 Å². The van der Waals surface area contributed by atoms with E-state index in [1.807, 2.05) is 64.1 Å². The molecule has 1 amide bonds. The second-order valence-electron chi connectivity index (χ2n) is 5.69. The first kappa shape index (κ1) is 17.0. The molecule has 0 bridgehead atoms. The van der Waals surface area contributed by atoms with Gasteiger partial charge >= 0.3 is 6.09 Å². The average Bonchev–Trinajstić information content (AvgIpc) is 2.41. The van der Waals surface area contributed by atoms with E-state index in [1.54, 1.807) is 0 Å². The zero-order valence-corrected chi connectivity index (χ0v) is 13.1. The highest BCUT2D eigenvalue weighted by Gasteiger charge is 2.14. The maximum Gasteiger partial charge on any atom is 0.407 e. The van der Waals surface area contributed by atoms with Crippen molar-refractivity contribution in [2.45, 2.75) is 39.7 Å². The maximum absolute atomic E-state index is 11.6. The summed E-state index contributed by atoms with van der Waals surface area (Å²) < 4.78 is 5.13. The quantitative estimate of drug-likeness (QED) is 0.838. The molecule has 4 nitrogen and oxygen atoms in total. The number of hydrogen-bond acceptors (Lipinski definition) is 3. The van der Waals surface area contributed by atoms with Crippen LogP contribution in [-0.2, 0) is 4.74 Å². The number of carbonyl (C=O) groups is 2. The Morgan fingerprint density at radius 3 is 2.62 bits per heavy atom. The van der Waals surface area contributed by atoms with Crippen molar-refractivity contribution in [2.75, 3.05) is 6.54 Å². The minimum absolute atomic E-state index is 0.122. The number of hydrogen-bond donors (Lipinski definition) is 1. The van der Waals surface area contributed by atoms with Gasteiger partial charge in [0.05, 0.1) is 0 Å². The van der Waals surface area contributed by atoms with E-state index in [9.17, 15) is 9.59 Å². The van der Waals surface area contributed by atoms with E-state index in [4.69, 9.17) is 4.74 Å². The fourth-order valence-electron chi connectivity index (χ4n) is 1.67. The molecule has 0 heterocycles. The number of amides is 1. The first-order chi connectivity index (χ1) is 9.81. The molecule has 0 unspecified atom stereocenters. The van der Waals surface area contributed by atoms with Gasteiger partial charge in [-0.2, -0.15) is 0 Å². The van der Waals surface area contributed by atoms with Gasteiger partial charge in [-0.1, -0.05) is 37.3 Å². The zero-order chi connectivity index (χ0) is 15.9. The standard InChI is InChI=1S/C17H23NO3/c1-5-15(19)14-10-6-8-13(12-14)9-7-11-18-16(20)21-17(2,3)4/h6-10,12H,5,11H2,1-4H3,(H,18,20). The Labute approximate surface area is 126 Å². The molecule has 0 spiro atoms. The van der Waals surface area contributed by atoms with Crippen LogP contribution in [0.5, 0.6) is 0 Å². The predicted octanol–water partition coefficient (Wildman–Crippen LogP) is 3.82. The molecule has 0 atom stereocenters. The molecule has 0 radical (unpaired) electrons. The fourth-order valence-corrected chi connectivity index (χ4v) is 1.67. The second kappa shape index (κ2) is 7.62. The summed E-state index contributed by atoms with van der Waals surface area (Å²) >= 11 is 0. The molecule has 0 aliphatic heterocycles. The molecule has 114 valence electrons. The van der Waals surface area contributed by atoms with Crippen LogP contribution in [0.1, 0.15) is 50.0 Å². The van der Waals surface area contributed by atoms with Gasteiger partial charge in [0.2, 0.25) is 0 Å². The SMILES string of the molecule is CCC(=O)c1cccc(C=CCNC(=O)OC(C)(C)C)c1. The highest BCUT2D eigenvalue weighted by Crippen LogP contribution is 2.09. The van der Waals surface area contributed by atoms with Gasteiger partial charge in [-0.15, -0.1) is 0 Å². The fraction of sp³-hybridized carbons (Fsp3) is 0.412. The number of benzene rings is 1. The second-order valence-corrected chi connectivity index (χ2v) is 5.69. The lowest BCUT2D eigenvalue weighted by Crippen LogP contribution is -2.32. The molecule has 0 saturated carbocycles. The monoisotopic (exact) mass is 289 g/mol. The van der Waals surface area contributed by atoms with E-state index in [-0.39, 0.29) is 5.78 Å². The summed E-state index contributed by atoms with van der Waals surface area (Å²) in [5.74, 6) is 0.122. The van der Waals surface area contributed by atoms with E-state index in [1.165, 1.54) is 0 Å². The van der Waals surface area contributed by atoms with Crippen LogP contribution < -0.4 is 5.32 Å². The number of Topliss-reactive ketones (excluding diaryl/α,β-unsaturated/α-hetero) is 1. The number of nitrogens with one attached hydrogen (secondary N) is 1. The van der Waals surface area contributed by atoms with Crippen molar-refractivity contribution >= 4 is 18.0 Å². The molecule has 21 heavy (non-hydrogen) atoms. The molecule has 1 N–H and O–H groups in total. The number of rotatable bonds is 5. The Hall–Kier alpha value is -2.10. The molecule has 0 aliphatic rings. The van der Waals surface area contributed by atoms with Crippen LogP contribution in [-0.4, -0.2) is 24.0 Å². The Morgan fingerprint density at radius 2 is 2.00 bits per heavy atom. The van der Waals surface area contributed by atoms with Crippen LogP contribution >= 0.6 is 0 Å². The Balaban J connectivity index is 2.51. The molecule has 1 rings (SSSR count). The minimum atomic E-state index is -0.497. The average molecular weight is 289 g/mol. The first-order valence-electron chi connectivity index (χ1n) is 7.08. The highest BCUT2D eigenvalue weighted by atomic mass is 16.6. The molecule has 1 aromatic rings. The van der Waals surface area contributed by atoms with Gasteiger partial charge in [-0.05, 0) is 32.4 Å². The molecule has 0 saturated heterocycles. The van der Waals surface area contributed by atoms with Crippen molar-refractivity contribution in [1.29, 1.82) is 0 Å². The topological polar surface area (TPSA) is 55.4 Å². The molecular weight excluding hydrogens is 266 g/mol. The Morgan fingerprint density at radius 1 is 1.29 bits per heavy atom. The van der Waals surface area contributed by atoms with Crippen molar-refractivity contribution in [3.05, 3.63) is 41.5 Å². The largest absolute Gasteiger partial charge is 0.444 e. The van der Waals surface area contributed by atoms with Gasteiger partial charge in [-0.3, -0.25) is 4.79 Å². The summed E-state index contributed by atoms with van der Waals surface area (Å²) in [5.41, 5.74) is 1.14. The summed E-state index contributed by atoms with van der Waals surface area (Å²) in [6.07, 6.45) is 3.73. The van der Waals surface area contributed by atoms with Crippen molar-refractivity contribution in [1.82, 2.24) is 5.32 Å². The lowest BCUT2D eigenvalue weighted by atomic mass is 10.1. The minimum Gasteiger partial charge on any atom is -0.444 e. The number of alkyl carbamates (subject to hydrolysis) is 1. The molecule has 0 aromatic heterocycles. The van der Waals surface area contributed by atoms with Crippen LogP contribution in [0, 0.1) is 0 Å². The van der Waals surface area contributed by atoms with Gasteiger partial charge < -0.3 is 10.1 Å². The summed E-state index contributed by atoms with van der Waals surface area (Å²) in [6.45, 7) is 7.67. The highest BCUT2D eigenvalue weighted by molar-refractivity contribution is 5.96. The van der Waals surface area contributed by atoms with Crippen LogP contribution in [0.2, 0.25) is 0 Å². The van der Waals surface area contributed by atoms with Crippen LogP contribution in [0.15, 0.2) is 30.3 Å². The Bertz CT molecular complexity index is 527. The van der Waals surface area contributed by atoms with Crippen molar-refractivity contribution in [3.63, 3.8) is 0 Å². The predicted molar refractivity (Wildman–Crippen MR) is 84.3 cm³/mol. The lowest BCUT2D eigenvalue weighted by molar-refractivity contribution is 0.0534. The van der Waals surface area contributed by atoms with Gasteiger partial charge in [0, 0.05) is 18.5 Å². The van der Waals surface area contributed by atoms with E-state index in [2.05, 4.69) is 5.32 Å². The van der Waals surface area contributed by atoms with Gasteiger partial charge in [0.25, 0.3) is 0 Å². The van der Waals surface area contributed by atoms with Crippen LogP contribution in [0.4, 0.5) is 4.79 Å². The van der Waals surface area contributed by atoms with E-state index >= 15 is 0 Å². The van der Waals surface area contributed by atoms with Crippen molar-refractivity contribution in [3.8, 4) is 0 Å². The summed E-state index contributed by atoms with van der Waals surface area (Å²) in [4.78, 5) is 23.1. The van der Waals surface area contributed by atoms with Gasteiger partial charge in [0.1, 0.15) is 5.60 Å². The van der Waals surface area contributed by atoms with Crippen LogP contribution in [0.3, 0.4) is 0 Å². The molecular formula is C17H23NO3. The third kappa shape index (κ3) is 6.75. The molecule has 4 heteroatoms. The molecule has 1 aromatic carbocycles. The molecule has 0 aliphatic carbocycles. The first-order valence-corrected chi connectivity index (χ1v) is 7.08. The maximum atomic E-state index is 11.6. The van der Waals surface area contributed by atoms with E-state index in [0.29, 0.717) is 18.5 Å². The Kier molecular flexibility index (Phi) is 6.15. The summed E-state index contributed by atoms with van der Waals surface area (Å²) in [7, 11) is 0. The van der Waals surface area contributed by atoms with E-state index < -0.39 is 11.7 Å². The third-order valence-electron chi connectivity index (χ3n) is 2.60. The summed E-state index contributed by atoms with van der Waals surface area (Å²) in [5, 5.41) is 2.64. The van der Waals surface area contributed by atoms with Gasteiger partial charge in [0.15, 0.2) is 5.78 Å². The lowest BCUT2D eigenvalue weighted by Gasteiger charge is -2.19. The van der Waals surface area contributed by atoms with Crippen LogP contribution in [0.25, 0.3) is 6.08 Å². The number of ether oxygens (including phenoxy) is 1. The molecule has 0 fully saturated rings. The number of ketones is 1. The van der Waals surface area contributed by atoms with E-state index in [0.717, 1.165) is 5.56 Å². The normalized spacial score (nSPS) is 11.4. The third-order valence-corrected chi connectivity index (χ3v) is 2.60. The van der Waals surface area contributed by atoms with Gasteiger partial charge in [-0.25, -0.2) is 4.79 Å². The number of carbonyl (C=O) groups excluding carboxylic acids is 2. The summed E-state index contributed by atoms with van der Waals surface area (Å²) in [6, 6.07) is 7.41. The zero-order valence-electron chi connectivity index (χ0n) is 13.1. The smallest absolute Gasteiger partial charge is 0.407 e. The van der Waals surface area contributed by atoms with Crippen molar-refractivity contribution in [2.24, 2.45) is 0 Å².